The van der Waals surface area contributed by atoms with Gasteiger partial charge in [-0.3, -0.25) is 0 Å². The van der Waals surface area contributed by atoms with Crippen molar-refractivity contribution in [2.75, 3.05) is 13.1 Å². The molecule has 0 radical (unpaired) electrons. The van der Waals surface area contributed by atoms with Crippen molar-refractivity contribution in [1.29, 1.82) is 0 Å². The lowest BCUT2D eigenvalue weighted by Gasteiger charge is -2.14. The molecule has 1 unspecified atom stereocenters. The van der Waals surface area contributed by atoms with E-state index in [9.17, 15) is 5.11 Å². The Hall–Kier alpha value is -1.02. The molecular formula is C14H23NO. The van der Waals surface area contributed by atoms with Crippen LogP contribution in [0.5, 0.6) is 5.75 Å². The summed E-state index contributed by atoms with van der Waals surface area (Å²) in [6, 6.07) is 7.53. The van der Waals surface area contributed by atoms with Gasteiger partial charge in [-0.25, -0.2) is 0 Å². The van der Waals surface area contributed by atoms with Crippen LogP contribution in [0, 0.1) is 11.8 Å². The topological polar surface area (TPSA) is 32.3 Å². The Morgan fingerprint density at radius 3 is 2.56 bits per heavy atom. The van der Waals surface area contributed by atoms with Gasteiger partial charge in [-0.15, -0.1) is 0 Å². The number of hydrogen-bond acceptors (Lipinski definition) is 2. The van der Waals surface area contributed by atoms with E-state index in [0.29, 0.717) is 17.6 Å². The van der Waals surface area contributed by atoms with Gasteiger partial charge in [0.2, 0.25) is 0 Å². The van der Waals surface area contributed by atoms with Crippen LogP contribution in [0.1, 0.15) is 26.3 Å². The predicted octanol–water partition coefficient (Wildman–Crippen LogP) is 2.82. The maximum atomic E-state index is 9.36. The molecule has 1 aromatic carbocycles. The average Bonchev–Trinajstić information content (AvgIpc) is 2.16. The first-order valence-corrected chi connectivity index (χ1v) is 6.06. The van der Waals surface area contributed by atoms with Gasteiger partial charge in [0.1, 0.15) is 5.75 Å². The molecule has 16 heavy (non-hydrogen) atoms. The fourth-order valence-corrected chi connectivity index (χ4v) is 1.78. The molecule has 0 saturated heterocycles. The Morgan fingerprint density at radius 2 is 1.94 bits per heavy atom. The highest BCUT2D eigenvalue weighted by Gasteiger charge is 2.04. The number of hydrogen-bond donors (Lipinski definition) is 2. The van der Waals surface area contributed by atoms with Gasteiger partial charge in [-0.05, 0) is 49.0 Å². The molecule has 0 spiro atoms. The van der Waals surface area contributed by atoms with E-state index >= 15 is 0 Å². The molecule has 0 aliphatic carbocycles. The molecule has 0 aliphatic heterocycles. The van der Waals surface area contributed by atoms with Crippen molar-refractivity contribution in [2.24, 2.45) is 11.8 Å². The first-order valence-electron chi connectivity index (χ1n) is 6.06. The van der Waals surface area contributed by atoms with Crippen LogP contribution in [0.15, 0.2) is 24.3 Å². The monoisotopic (exact) mass is 221 g/mol. The van der Waals surface area contributed by atoms with Crippen LogP contribution >= 0.6 is 0 Å². The van der Waals surface area contributed by atoms with E-state index in [2.05, 4.69) is 32.2 Å². The van der Waals surface area contributed by atoms with Gasteiger partial charge in [-0.1, -0.05) is 32.9 Å². The van der Waals surface area contributed by atoms with E-state index in [-0.39, 0.29) is 0 Å². The largest absolute Gasteiger partial charge is 0.508 e. The summed E-state index contributed by atoms with van der Waals surface area (Å²) in [5.74, 6) is 1.66. The van der Waals surface area contributed by atoms with Crippen molar-refractivity contribution >= 4 is 0 Å². The summed E-state index contributed by atoms with van der Waals surface area (Å²) in [6.45, 7) is 8.77. The third-order valence-corrected chi connectivity index (χ3v) is 2.54. The zero-order chi connectivity index (χ0) is 12.0. The third kappa shape index (κ3) is 5.17. The zero-order valence-corrected chi connectivity index (χ0v) is 10.5. The number of nitrogens with one attached hydrogen (secondary N) is 1. The average molecular weight is 221 g/mol. The van der Waals surface area contributed by atoms with E-state index in [4.69, 9.17) is 0 Å². The smallest absolute Gasteiger partial charge is 0.115 e. The van der Waals surface area contributed by atoms with Crippen molar-refractivity contribution in [3.8, 4) is 5.75 Å². The summed E-state index contributed by atoms with van der Waals surface area (Å²) in [5, 5.41) is 12.8. The SMILES string of the molecule is CC(C)CNCC(C)Cc1cccc(O)c1. The molecule has 0 bridgehead atoms. The zero-order valence-electron chi connectivity index (χ0n) is 10.5. The molecule has 1 aromatic rings. The van der Waals surface area contributed by atoms with E-state index in [1.54, 1.807) is 6.07 Å². The van der Waals surface area contributed by atoms with Gasteiger partial charge < -0.3 is 10.4 Å². The summed E-state index contributed by atoms with van der Waals surface area (Å²) in [6.07, 6.45) is 1.01. The van der Waals surface area contributed by atoms with Gasteiger partial charge >= 0.3 is 0 Å². The molecule has 0 saturated carbocycles. The second-order valence-electron chi connectivity index (χ2n) is 5.03. The number of benzene rings is 1. The van der Waals surface area contributed by atoms with Crippen molar-refractivity contribution < 1.29 is 5.11 Å². The Bertz CT molecular complexity index is 309. The molecular weight excluding hydrogens is 198 g/mol. The second-order valence-corrected chi connectivity index (χ2v) is 5.03. The van der Waals surface area contributed by atoms with Crippen molar-refractivity contribution in [1.82, 2.24) is 5.32 Å². The van der Waals surface area contributed by atoms with Crippen LogP contribution in [0.3, 0.4) is 0 Å². The standard InChI is InChI=1S/C14H23NO/c1-11(2)9-15-10-12(3)7-13-5-4-6-14(16)8-13/h4-6,8,11-12,15-16H,7,9-10H2,1-3H3. The Morgan fingerprint density at radius 1 is 1.19 bits per heavy atom. The quantitative estimate of drug-likeness (QED) is 0.774. The van der Waals surface area contributed by atoms with Crippen molar-refractivity contribution in [3.05, 3.63) is 29.8 Å². The summed E-state index contributed by atoms with van der Waals surface area (Å²) in [4.78, 5) is 0. The van der Waals surface area contributed by atoms with Crippen LogP contribution in [0.2, 0.25) is 0 Å². The second kappa shape index (κ2) is 6.54. The van der Waals surface area contributed by atoms with Gasteiger partial charge in [-0.2, -0.15) is 0 Å². The molecule has 2 heteroatoms. The lowest BCUT2D eigenvalue weighted by Crippen LogP contribution is -2.26. The van der Waals surface area contributed by atoms with Gasteiger partial charge in [0.05, 0.1) is 0 Å². The maximum Gasteiger partial charge on any atom is 0.115 e. The number of aromatic hydroxyl groups is 1. The summed E-state index contributed by atoms with van der Waals surface area (Å²) >= 11 is 0. The van der Waals surface area contributed by atoms with Crippen LogP contribution in [0.4, 0.5) is 0 Å². The minimum absolute atomic E-state index is 0.361. The number of rotatable bonds is 6. The lowest BCUT2D eigenvalue weighted by molar-refractivity contribution is 0.465. The highest BCUT2D eigenvalue weighted by atomic mass is 16.3. The molecule has 0 aliphatic rings. The summed E-state index contributed by atoms with van der Waals surface area (Å²) < 4.78 is 0. The van der Waals surface area contributed by atoms with Crippen molar-refractivity contribution in [2.45, 2.75) is 27.2 Å². The van der Waals surface area contributed by atoms with Gasteiger partial charge in [0.25, 0.3) is 0 Å². The molecule has 0 fully saturated rings. The van der Waals surface area contributed by atoms with Crippen molar-refractivity contribution in [3.63, 3.8) is 0 Å². The fourth-order valence-electron chi connectivity index (χ4n) is 1.78. The Balaban J connectivity index is 2.31. The third-order valence-electron chi connectivity index (χ3n) is 2.54. The van der Waals surface area contributed by atoms with E-state index in [1.165, 1.54) is 5.56 Å². The highest BCUT2D eigenvalue weighted by Crippen LogP contribution is 2.14. The molecule has 0 aromatic heterocycles. The van der Waals surface area contributed by atoms with Crippen LogP contribution in [0.25, 0.3) is 0 Å². The van der Waals surface area contributed by atoms with E-state index in [0.717, 1.165) is 19.5 Å². The predicted molar refractivity (Wildman–Crippen MR) is 68.7 cm³/mol. The molecule has 2 N–H and O–H groups in total. The first-order chi connectivity index (χ1) is 7.58. The van der Waals surface area contributed by atoms with Crippen LogP contribution < -0.4 is 5.32 Å². The summed E-state index contributed by atoms with van der Waals surface area (Å²) in [5.41, 5.74) is 1.21. The minimum Gasteiger partial charge on any atom is -0.508 e. The van der Waals surface area contributed by atoms with Gasteiger partial charge in [0.15, 0.2) is 0 Å². The molecule has 2 nitrogen and oxygen atoms in total. The minimum atomic E-state index is 0.361. The molecule has 1 rings (SSSR count). The first kappa shape index (κ1) is 13.0. The maximum absolute atomic E-state index is 9.36. The van der Waals surface area contributed by atoms with Gasteiger partial charge in [0, 0.05) is 0 Å². The van der Waals surface area contributed by atoms with E-state index < -0.39 is 0 Å². The fraction of sp³-hybridized carbons (Fsp3) is 0.571. The summed E-state index contributed by atoms with van der Waals surface area (Å²) in [7, 11) is 0. The normalized spacial score (nSPS) is 13.0. The molecule has 0 heterocycles. The molecule has 0 amide bonds. The lowest BCUT2D eigenvalue weighted by atomic mass is 10.0. The molecule has 90 valence electrons. The highest BCUT2D eigenvalue weighted by molar-refractivity contribution is 5.27. The molecule has 1 atom stereocenters. The van der Waals surface area contributed by atoms with Crippen LogP contribution in [-0.2, 0) is 6.42 Å². The van der Waals surface area contributed by atoms with E-state index in [1.807, 2.05) is 12.1 Å². The number of phenolic OH excluding ortho intramolecular Hbond substituents is 1. The Labute approximate surface area is 98.7 Å². The van der Waals surface area contributed by atoms with Crippen LogP contribution in [-0.4, -0.2) is 18.2 Å². The Kier molecular flexibility index (Phi) is 5.33. The number of phenols is 1.